The number of aromatic nitrogens is 4. The maximum atomic E-state index is 11.7. The molecule has 0 saturated heterocycles. The highest BCUT2D eigenvalue weighted by atomic mass is 32.2. The predicted octanol–water partition coefficient (Wildman–Crippen LogP) is 3.27. The third-order valence-electron chi connectivity index (χ3n) is 4.67. The van der Waals surface area contributed by atoms with E-state index in [1.807, 2.05) is 32.9 Å². The first-order chi connectivity index (χ1) is 13.3. The summed E-state index contributed by atoms with van der Waals surface area (Å²) in [7, 11) is 0. The number of carboxylic acids is 1. The van der Waals surface area contributed by atoms with Crippen molar-refractivity contribution in [1.29, 1.82) is 0 Å². The number of benzene rings is 1. The fourth-order valence-electron chi connectivity index (χ4n) is 3.29. The lowest BCUT2D eigenvalue weighted by Crippen LogP contribution is -2.23. The number of para-hydroxylation sites is 1. The fraction of sp³-hybridized carbons (Fsp3) is 0.286. The molecule has 0 atom stereocenters. The van der Waals surface area contributed by atoms with E-state index < -0.39 is 5.97 Å². The van der Waals surface area contributed by atoms with E-state index in [2.05, 4.69) is 45.7 Å². The lowest BCUT2D eigenvalue weighted by atomic mass is 10.1. The van der Waals surface area contributed by atoms with E-state index in [0.29, 0.717) is 17.4 Å². The summed E-state index contributed by atoms with van der Waals surface area (Å²) in [5.41, 5.74) is 6.30. The Morgan fingerprint density at radius 2 is 1.93 bits per heavy atom. The molecule has 0 fully saturated rings. The third kappa shape index (κ3) is 3.89. The fourth-order valence-corrected chi connectivity index (χ4v) is 4.00. The molecule has 0 radical (unpaired) electrons. The Morgan fingerprint density at radius 1 is 1.25 bits per heavy atom. The summed E-state index contributed by atoms with van der Waals surface area (Å²) in [4.78, 5) is 16.0. The molecule has 2 heterocycles. The van der Waals surface area contributed by atoms with E-state index >= 15 is 0 Å². The van der Waals surface area contributed by atoms with E-state index in [4.69, 9.17) is 0 Å². The molecule has 3 aromatic rings. The standard InChI is InChI=1S/C21H24N4O2S/c1-6-18-22-21(24-23-18)28-17(20(26)27)11-16-10-14(4)25(15(16)5)19-12(2)8-7-9-13(19)3/h7-11H,6H2,1-5H3,(H,26,27)(H,22,23,24)/p-1/b17-11-. The molecule has 0 bridgehead atoms. The van der Waals surface area contributed by atoms with Crippen molar-refractivity contribution in [2.24, 2.45) is 0 Å². The monoisotopic (exact) mass is 395 g/mol. The summed E-state index contributed by atoms with van der Waals surface area (Å²) in [5.74, 6) is -0.530. The SMILES string of the molecule is CCc1nc(S/C(=C\c2cc(C)n(-c3c(C)cccc3C)c2C)C(=O)[O-])n[nH]1. The van der Waals surface area contributed by atoms with Gasteiger partial charge in [0.15, 0.2) is 0 Å². The molecule has 6 nitrogen and oxygen atoms in total. The number of nitrogens with zero attached hydrogens (tertiary/aromatic N) is 3. The second-order valence-corrected chi connectivity index (χ2v) is 7.73. The van der Waals surface area contributed by atoms with Crippen LogP contribution in [0, 0.1) is 27.7 Å². The zero-order valence-electron chi connectivity index (χ0n) is 16.7. The number of H-pyrrole nitrogens is 1. The molecule has 3 rings (SSSR count). The van der Waals surface area contributed by atoms with E-state index in [-0.39, 0.29) is 4.91 Å². The zero-order chi connectivity index (χ0) is 20.4. The number of rotatable bonds is 6. The lowest BCUT2D eigenvalue weighted by molar-refractivity contribution is -0.297. The number of aromatic amines is 1. The summed E-state index contributed by atoms with van der Waals surface area (Å²) < 4.78 is 2.16. The van der Waals surface area contributed by atoms with Crippen molar-refractivity contribution in [3.05, 3.63) is 63.1 Å². The Morgan fingerprint density at radius 3 is 2.50 bits per heavy atom. The number of aliphatic carboxylic acids is 1. The van der Waals surface area contributed by atoms with Crippen LogP contribution in [0.3, 0.4) is 0 Å². The molecule has 0 saturated carbocycles. The molecular formula is C21H23N4O2S-. The van der Waals surface area contributed by atoms with Gasteiger partial charge >= 0.3 is 0 Å². The number of hydrogen-bond donors (Lipinski definition) is 1. The smallest absolute Gasteiger partial charge is 0.213 e. The molecule has 0 aliphatic heterocycles. The van der Waals surface area contributed by atoms with Crippen molar-refractivity contribution < 1.29 is 9.90 Å². The summed E-state index contributed by atoms with van der Waals surface area (Å²) in [6, 6.07) is 8.18. The Balaban J connectivity index is 2.04. The van der Waals surface area contributed by atoms with Crippen LogP contribution in [-0.2, 0) is 11.2 Å². The molecule has 28 heavy (non-hydrogen) atoms. The maximum Gasteiger partial charge on any atom is 0.213 e. The van der Waals surface area contributed by atoms with Gasteiger partial charge in [0.05, 0.1) is 11.7 Å². The number of thioether (sulfide) groups is 1. The van der Waals surface area contributed by atoms with Crippen molar-refractivity contribution in [2.45, 2.75) is 46.2 Å². The van der Waals surface area contributed by atoms with Crippen molar-refractivity contribution in [3.63, 3.8) is 0 Å². The average molecular weight is 396 g/mol. The number of nitrogens with one attached hydrogen (secondary N) is 1. The number of hydrogen-bond acceptors (Lipinski definition) is 5. The maximum absolute atomic E-state index is 11.7. The molecular weight excluding hydrogens is 372 g/mol. The van der Waals surface area contributed by atoms with Crippen LogP contribution in [0.5, 0.6) is 0 Å². The highest BCUT2D eigenvalue weighted by Gasteiger charge is 2.15. The van der Waals surface area contributed by atoms with Crippen molar-refractivity contribution in [3.8, 4) is 5.69 Å². The molecule has 0 unspecified atom stereocenters. The largest absolute Gasteiger partial charge is 0.544 e. The average Bonchev–Trinajstić information content (AvgIpc) is 3.20. The predicted molar refractivity (Wildman–Crippen MR) is 109 cm³/mol. The highest BCUT2D eigenvalue weighted by Crippen LogP contribution is 2.30. The second kappa shape index (κ2) is 8.06. The Kier molecular flexibility index (Phi) is 5.74. The molecule has 7 heteroatoms. The molecule has 0 aliphatic rings. The minimum Gasteiger partial charge on any atom is -0.544 e. The van der Waals surface area contributed by atoms with Gasteiger partial charge in [0.1, 0.15) is 5.82 Å². The van der Waals surface area contributed by atoms with E-state index in [0.717, 1.165) is 34.4 Å². The van der Waals surface area contributed by atoms with Gasteiger partial charge in [0, 0.05) is 22.7 Å². The van der Waals surface area contributed by atoms with Gasteiger partial charge in [-0.3, -0.25) is 5.10 Å². The van der Waals surface area contributed by atoms with Gasteiger partial charge in [0.2, 0.25) is 5.16 Å². The Labute approximate surface area is 168 Å². The molecule has 0 amide bonds. The minimum absolute atomic E-state index is 0.0726. The van der Waals surface area contributed by atoms with E-state index in [9.17, 15) is 9.90 Å². The molecule has 146 valence electrons. The second-order valence-electron chi connectivity index (χ2n) is 6.72. The number of carboxylic acid groups (broad SMARTS) is 1. The first-order valence-corrected chi connectivity index (χ1v) is 9.91. The zero-order valence-corrected chi connectivity index (χ0v) is 17.5. The van der Waals surface area contributed by atoms with Gasteiger partial charge in [-0.25, -0.2) is 4.98 Å². The van der Waals surface area contributed by atoms with Crippen LogP contribution in [0.1, 0.15) is 40.8 Å². The topological polar surface area (TPSA) is 86.6 Å². The highest BCUT2D eigenvalue weighted by molar-refractivity contribution is 8.04. The van der Waals surface area contributed by atoms with Gasteiger partial charge in [-0.05, 0) is 68.3 Å². The van der Waals surface area contributed by atoms with Crippen LogP contribution in [0.15, 0.2) is 34.3 Å². The number of carbonyl (C=O) groups is 1. The van der Waals surface area contributed by atoms with Crippen LogP contribution in [-0.4, -0.2) is 25.7 Å². The first-order valence-electron chi connectivity index (χ1n) is 9.09. The summed E-state index contributed by atoms with van der Waals surface area (Å²) >= 11 is 0.990. The normalized spacial score (nSPS) is 11.8. The molecule has 0 aliphatic carbocycles. The Bertz CT molecular complexity index is 1040. The molecule has 2 aromatic heterocycles. The first kappa shape index (κ1) is 19.9. The molecule has 1 aromatic carbocycles. The summed E-state index contributed by atoms with van der Waals surface area (Å²) in [5, 5.41) is 18.9. The van der Waals surface area contributed by atoms with Gasteiger partial charge < -0.3 is 14.5 Å². The van der Waals surface area contributed by atoms with Crippen molar-refractivity contribution >= 4 is 23.8 Å². The van der Waals surface area contributed by atoms with Crippen LogP contribution < -0.4 is 5.11 Å². The van der Waals surface area contributed by atoms with Crippen LogP contribution in [0.25, 0.3) is 11.8 Å². The van der Waals surface area contributed by atoms with Gasteiger partial charge in [0.25, 0.3) is 0 Å². The van der Waals surface area contributed by atoms with Crippen molar-refractivity contribution in [2.75, 3.05) is 0 Å². The lowest BCUT2D eigenvalue weighted by Gasteiger charge is -2.15. The van der Waals surface area contributed by atoms with Gasteiger partial charge in [-0.15, -0.1) is 5.10 Å². The summed E-state index contributed by atoms with van der Waals surface area (Å²) in [6.07, 6.45) is 2.34. The van der Waals surface area contributed by atoms with Crippen LogP contribution in [0.2, 0.25) is 0 Å². The quantitative estimate of drug-likeness (QED) is 0.511. The van der Waals surface area contributed by atoms with E-state index in [1.165, 1.54) is 11.1 Å². The van der Waals surface area contributed by atoms with Gasteiger partial charge in [-0.2, -0.15) is 0 Å². The minimum atomic E-state index is -1.25. The Hall–Kier alpha value is -2.80. The number of carbonyl (C=O) groups excluding carboxylic acids is 1. The van der Waals surface area contributed by atoms with Crippen molar-refractivity contribution in [1.82, 2.24) is 19.7 Å². The van der Waals surface area contributed by atoms with Crippen LogP contribution >= 0.6 is 11.8 Å². The summed E-state index contributed by atoms with van der Waals surface area (Å²) in [6.45, 7) is 10.1. The van der Waals surface area contributed by atoms with Crippen LogP contribution in [0.4, 0.5) is 0 Å². The van der Waals surface area contributed by atoms with E-state index in [1.54, 1.807) is 6.08 Å². The molecule has 0 spiro atoms. The number of aryl methyl sites for hydroxylation is 4. The molecule has 1 N–H and O–H groups in total. The van der Waals surface area contributed by atoms with Gasteiger partial charge in [-0.1, -0.05) is 25.1 Å². The third-order valence-corrected chi connectivity index (χ3v) is 5.54.